The molecule has 0 fully saturated rings. The van der Waals surface area contributed by atoms with E-state index in [-0.39, 0.29) is 12.4 Å². The van der Waals surface area contributed by atoms with Gasteiger partial charge in [0, 0.05) is 53.3 Å². The number of H-pyrrole nitrogens is 1. The number of hydrogen-bond acceptors (Lipinski definition) is 6. The van der Waals surface area contributed by atoms with Crippen molar-refractivity contribution < 1.29 is 18.7 Å². The van der Waals surface area contributed by atoms with Gasteiger partial charge in [0.2, 0.25) is 0 Å². The number of hydrogen-bond donors (Lipinski definition) is 1. The fourth-order valence-corrected chi connectivity index (χ4v) is 6.98. The van der Waals surface area contributed by atoms with Crippen molar-refractivity contribution in [2.45, 2.75) is 42.3 Å². The van der Waals surface area contributed by atoms with Crippen LogP contribution in [-0.2, 0) is 24.3 Å². The van der Waals surface area contributed by atoms with Crippen LogP contribution in [0.15, 0.2) is 95.0 Å². The van der Waals surface area contributed by atoms with Crippen LogP contribution in [0.25, 0.3) is 22.2 Å². The van der Waals surface area contributed by atoms with Crippen molar-refractivity contribution in [3.63, 3.8) is 0 Å². The second kappa shape index (κ2) is 12.4. The summed E-state index contributed by atoms with van der Waals surface area (Å²) in [7, 11) is 4.93. The van der Waals surface area contributed by atoms with Gasteiger partial charge in [0.15, 0.2) is 5.78 Å². The molecule has 0 saturated heterocycles. The quantitative estimate of drug-likeness (QED) is 0.181. The molecular weight excluding hydrogens is 570 g/mol. The minimum Gasteiger partial charge on any atom is -0.445 e. The summed E-state index contributed by atoms with van der Waals surface area (Å²) in [4.78, 5) is 35.5. The lowest BCUT2D eigenvalue weighted by Gasteiger charge is -2.17. The molecule has 1 aliphatic carbocycles. The molecule has 0 atom stereocenters. The predicted molar refractivity (Wildman–Crippen MR) is 165 cm³/mol. The highest BCUT2D eigenvalue weighted by Crippen LogP contribution is 2.37. The third kappa shape index (κ3) is 6.22. The molecule has 0 radical (unpaired) electrons. The summed E-state index contributed by atoms with van der Waals surface area (Å²) >= 11 is 0. The first kappa shape index (κ1) is 28.1. The zero-order valence-corrected chi connectivity index (χ0v) is 24.6. The van der Waals surface area contributed by atoms with Gasteiger partial charge in [-0.05, 0) is 82.3 Å². The van der Waals surface area contributed by atoms with Crippen LogP contribution in [0.3, 0.4) is 0 Å². The molecule has 0 bridgehead atoms. The molecule has 0 aliphatic heterocycles. The number of carbonyl (C=O) groups excluding carboxylic acids is 2. The van der Waals surface area contributed by atoms with E-state index in [1.54, 1.807) is 39.7 Å². The Morgan fingerprint density at radius 3 is 2.55 bits per heavy atom. The number of benzene rings is 3. The third-order valence-electron chi connectivity index (χ3n) is 7.22. The second-order valence-corrected chi connectivity index (χ2v) is 12.4. The van der Waals surface area contributed by atoms with Crippen molar-refractivity contribution in [3.05, 3.63) is 113 Å². The van der Waals surface area contributed by atoms with Crippen molar-refractivity contribution in [3.8, 4) is 11.3 Å². The standard InChI is InChI=1S/C33H28FN3O3S2/c1-37(33(39)40-20-22-10-14-25(15-11-22)41-42-30-7-2-3-16-35-30)19-21-8-12-23(13-9-21)32-26-5-4-6-29(38)27-17-24(34)18-28(36-32)31(26)27/h2-3,7-18,36H,4-6,19-20H2,1H3. The van der Waals surface area contributed by atoms with E-state index in [4.69, 9.17) is 4.74 Å². The molecule has 6 nitrogen and oxygen atoms in total. The second-order valence-electron chi connectivity index (χ2n) is 10.2. The lowest BCUT2D eigenvalue weighted by Crippen LogP contribution is -2.26. The van der Waals surface area contributed by atoms with E-state index in [1.165, 1.54) is 12.1 Å². The summed E-state index contributed by atoms with van der Waals surface area (Å²) in [6.07, 6.45) is 3.27. The Hall–Kier alpha value is -4.08. The number of nitrogens with one attached hydrogen (secondary N) is 1. The van der Waals surface area contributed by atoms with Crippen LogP contribution in [-0.4, -0.2) is 33.8 Å². The highest BCUT2D eigenvalue weighted by atomic mass is 33.1. The highest BCUT2D eigenvalue weighted by Gasteiger charge is 2.23. The monoisotopic (exact) mass is 597 g/mol. The minimum absolute atomic E-state index is 0.0132. The Labute approximate surface area is 251 Å². The zero-order valence-electron chi connectivity index (χ0n) is 22.9. The van der Waals surface area contributed by atoms with E-state index >= 15 is 0 Å². The molecule has 1 N–H and O–H groups in total. The van der Waals surface area contributed by atoms with Crippen molar-refractivity contribution >= 4 is 44.4 Å². The van der Waals surface area contributed by atoms with Gasteiger partial charge in [-0.3, -0.25) is 4.79 Å². The number of rotatable bonds is 8. The van der Waals surface area contributed by atoms with Crippen LogP contribution in [0.5, 0.6) is 0 Å². The maximum Gasteiger partial charge on any atom is 0.410 e. The fourth-order valence-electron chi connectivity index (χ4n) is 5.14. The Bertz CT molecular complexity index is 1740. The van der Waals surface area contributed by atoms with Crippen LogP contribution in [0.4, 0.5) is 9.18 Å². The molecule has 1 aliphatic rings. The molecule has 2 heterocycles. The summed E-state index contributed by atoms with van der Waals surface area (Å²) in [6.45, 7) is 0.581. The van der Waals surface area contributed by atoms with Crippen LogP contribution < -0.4 is 0 Å². The van der Waals surface area contributed by atoms with Crippen molar-refractivity contribution in [2.75, 3.05) is 7.05 Å². The summed E-state index contributed by atoms with van der Waals surface area (Å²) in [5, 5.41) is 1.78. The highest BCUT2D eigenvalue weighted by molar-refractivity contribution is 8.76. The van der Waals surface area contributed by atoms with E-state index in [9.17, 15) is 14.0 Å². The lowest BCUT2D eigenvalue weighted by atomic mass is 9.99. The average molecular weight is 598 g/mol. The normalized spacial score (nSPS) is 12.8. The molecule has 1 amide bonds. The number of aromatic nitrogens is 2. The van der Waals surface area contributed by atoms with Crippen LogP contribution in [0.2, 0.25) is 0 Å². The molecule has 6 rings (SSSR count). The minimum atomic E-state index is -0.413. The average Bonchev–Trinajstić information content (AvgIpc) is 3.28. The van der Waals surface area contributed by atoms with Gasteiger partial charge in [0.25, 0.3) is 0 Å². The maximum absolute atomic E-state index is 14.2. The third-order valence-corrected chi connectivity index (χ3v) is 9.52. The number of aromatic amines is 1. The van der Waals surface area contributed by atoms with Gasteiger partial charge in [-0.1, -0.05) is 53.3 Å². The Balaban J connectivity index is 1.06. The SMILES string of the molecule is CN(Cc1ccc(-c2[nH]c3cc(F)cc4c3c2CCCC4=O)cc1)C(=O)OCc1ccc(SSc2ccccn2)cc1. The molecule has 0 spiro atoms. The number of halogens is 1. The first-order valence-corrected chi connectivity index (χ1v) is 15.8. The molecule has 5 aromatic rings. The van der Waals surface area contributed by atoms with E-state index in [2.05, 4.69) is 9.97 Å². The number of nitrogens with zero attached hydrogens (tertiary/aromatic N) is 2. The largest absolute Gasteiger partial charge is 0.445 e. The predicted octanol–water partition coefficient (Wildman–Crippen LogP) is 8.46. The molecular formula is C33H28FN3O3S2. The van der Waals surface area contributed by atoms with Gasteiger partial charge in [-0.15, -0.1) is 0 Å². The first-order chi connectivity index (χ1) is 20.4. The number of ketones is 1. The summed E-state index contributed by atoms with van der Waals surface area (Å²) in [5.74, 6) is -0.426. The maximum atomic E-state index is 14.2. The smallest absolute Gasteiger partial charge is 0.410 e. The van der Waals surface area contributed by atoms with Crippen LogP contribution in [0, 0.1) is 5.82 Å². The number of ether oxygens (including phenoxy) is 1. The summed E-state index contributed by atoms with van der Waals surface area (Å²) in [5.41, 5.74) is 5.89. The van der Waals surface area contributed by atoms with Gasteiger partial charge in [0.1, 0.15) is 17.5 Å². The Morgan fingerprint density at radius 2 is 1.79 bits per heavy atom. The Kier molecular flexibility index (Phi) is 8.30. The molecule has 0 saturated carbocycles. The van der Waals surface area contributed by atoms with E-state index in [1.807, 2.05) is 66.7 Å². The fraction of sp³-hybridized carbons (Fsp3) is 0.182. The van der Waals surface area contributed by atoms with Crippen molar-refractivity contribution in [1.29, 1.82) is 0 Å². The molecule has 9 heteroatoms. The molecule has 212 valence electrons. The van der Waals surface area contributed by atoms with E-state index in [0.717, 1.165) is 56.1 Å². The molecule has 42 heavy (non-hydrogen) atoms. The van der Waals surface area contributed by atoms with Gasteiger partial charge >= 0.3 is 6.09 Å². The van der Waals surface area contributed by atoms with E-state index in [0.29, 0.717) is 24.0 Å². The number of Topliss-reactive ketones (excluding diaryl/α,β-unsaturated/α-hetero) is 1. The lowest BCUT2D eigenvalue weighted by molar-refractivity contribution is 0.0981. The molecule has 0 unspecified atom stereocenters. The first-order valence-electron chi connectivity index (χ1n) is 13.6. The topological polar surface area (TPSA) is 75.3 Å². The van der Waals surface area contributed by atoms with Gasteiger partial charge in [0.05, 0.1) is 0 Å². The van der Waals surface area contributed by atoms with Crippen LogP contribution in [0.1, 0.15) is 39.9 Å². The number of aryl methyl sites for hydroxylation is 1. The van der Waals surface area contributed by atoms with E-state index < -0.39 is 11.9 Å². The number of carbonyl (C=O) groups is 2. The van der Waals surface area contributed by atoms with Gasteiger partial charge in [-0.2, -0.15) is 0 Å². The van der Waals surface area contributed by atoms with Crippen molar-refractivity contribution in [1.82, 2.24) is 14.9 Å². The summed E-state index contributed by atoms with van der Waals surface area (Å²) < 4.78 is 19.8. The number of pyridine rings is 1. The molecule has 2 aromatic heterocycles. The molecule has 3 aromatic carbocycles. The summed E-state index contributed by atoms with van der Waals surface area (Å²) in [6, 6.07) is 24.5. The van der Waals surface area contributed by atoms with Crippen molar-refractivity contribution in [2.24, 2.45) is 0 Å². The Morgan fingerprint density at radius 1 is 1.00 bits per heavy atom. The van der Waals surface area contributed by atoms with Gasteiger partial charge in [-0.25, -0.2) is 14.2 Å². The number of amides is 1. The van der Waals surface area contributed by atoms with Gasteiger partial charge < -0.3 is 14.6 Å². The van der Waals surface area contributed by atoms with Crippen LogP contribution >= 0.6 is 21.6 Å². The zero-order chi connectivity index (χ0) is 29.1.